The number of benzene rings is 3. The fraction of sp³-hybridized carbons (Fsp3) is 0.286. The number of rotatable bonds is 10. The van der Waals surface area contributed by atoms with E-state index in [-0.39, 0.29) is 25.0 Å². The maximum Gasteiger partial charge on any atom is 0.333 e. The third-order valence-electron chi connectivity index (χ3n) is 5.47. The minimum atomic E-state index is -1.01. The van der Waals surface area contributed by atoms with E-state index in [2.05, 4.69) is 5.32 Å². The van der Waals surface area contributed by atoms with Gasteiger partial charge in [0.2, 0.25) is 5.91 Å². The Labute approximate surface area is 200 Å². The van der Waals surface area contributed by atoms with Crippen molar-refractivity contribution in [3.8, 4) is 5.75 Å². The summed E-state index contributed by atoms with van der Waals surface area (Å²) in [6, 6.07) is 19.5. The number of carbonyl (C=O) groups is 2. The van der Waals surface area contributed by atoms with E-state index in [1.165, 1.54) is 0 Å². The zero-order valence-corrected chi connectivity index (χ0v) is 20.0. The molecule has 0 aliphatic carbocycles. The number of hydrogen-bond acceptors (Lipinski definition) is 4. The lowest BCUT2D eigenvalue weighted by Crippen LogP contribution is -2.29. The monoisotopic (exact) mass is 461 g/mol. The molecule has 0 saturated carbocycles. The van der Waals surface area contributed by atoms with Crippen LogP contribution in [0.1, 0.15) is 37.5 Å². The first-order valence-corrected chi connectivity index (χ1v) is 11.3. The van der Waals surface area contributed by atoms with Crippen molar-refractivity contribution >= 4 is 28.7 Å². The minimum Gasteiger partial charge on any atom is -0.496 e. The van der Waals surface area contributed by atoms with Crippen LogP contribution >= 0.6 is 0 Å². The molecule has 3 aromatic carbocycles. The number of ether oxygens (including phenoxy) is 2. The molecule has 0 saturated heterocycles. The highest BCUT2D eigenvalue weighted by Gasteiger charge is 2.21. The quantitative estimate of drug-likeness (QED) is 0.416. The average molecular weight is 462 g/mol. The molecule has 0 aliphatic rings. The van der Waals surface area contributed by atoms with Gasteiger partial charge in [0.25, 0.3) is 0 Å². The molecule has 0 fully saturated rings. The van der Waals surface area contributed by atoms with E-state index < -0.39 is 12.1 Å². The van der Waals surface area contributed by atoms with E-state index in [0.717, 1.165) is 27.5 Å². The van der Waals surface area contributed by atoms with Crippen molar-refractivity contribution in [2.75, 3.05) is 7.11 Å². The average Bonchev–Trinajstić information content (AvgIpc) is 2.82. The summed E-state index contributed by atoms with van der Waals surface area (Å²) in [5.41, 5.74) is 3.12. The first-order chi connectivity index (χ1) is 16.3. The van der Waals surface area contributed by atoms with Crippen LogP contribution in [-0.2, 0) is 27.3 Å². The zero-order chi connectivity index (χ0) is 24.7. The number of amides is 1. The van der Waals surface area contributed by atoms with Crippen molar-refractivity contribution in [1.82, 2.24) is 5.32 Å². The van der Waals surface area contributed by atoms with Crippen molar-refractivity contribution in [1.29, 1.82) is 0 Å². The molecule has 1 amide bonds. The van der Waals surface area contributed by atoms with Gasteiger partial charge < -0.3 is 19.9 Å². The van der Waals surface area contributed by atoms with Crippen LogP contribution in [0.25, 0.3) is 16.8 Å². The Balaban J connectivity index is 1.74. The number of carboxylic acids is 1. The van der Waals surface area contributed by atoms with Gasteiger partial charge in [0.15, 0.2) is 6.10 Å². The SMILES string of the molecule is COc1ccc(CC(OC(C)C)C(=O)O)cc1CNC(=O)C(C)=Cc1cccc2ccccc12. The first kappa shape index (κ1) is 25.0. The third kappa shape index (κ3) is 6.45. The molecular weight excluding hydrogens is 430 g/mol. The molecule has 0 aromatic heterocycles. The van der Waals surface area contributed by atoms with Crippen LogP contribution in [0.3, 0.4) is 0 Å². The zero-order valence-electron chi connectivity index (χ0n) is 20.0. The molecule has 1 unspecified atom stereocenters. The molecule has 0 heterocycles. The second-order valence-electron chi connectivity index (χ2n) is 8.44. The molecule has 0 bridgehead atoms. The molecule has 3 rings (SSSR count). The third-order valence-corrected chi connectivity index (χ3v) is 5.47. The summed E-state index contributed by atoms with van der Waals surface area (Å²) < 4.78 is 11.0. The normalized spacial score (nSPS) is 12.6. The van der Waals surface area contributed by atoms with E-state index in [1.807, 2.05) is 60.7 Å². The predicted molar refractivity (Wildman–Crippen MR) is 134 cm³/mol. The smallest absolute Gasteiger partial charge is 0.333 e. The summed E-state index contributed by atoms with van der Waals surface area (Å²) in [5, 5.41) is 14.6. The van der Waals surface area contributed by atoms with Gasteiger partial charge in [0, 0.05) is 24.1 Å². The molecule has 6 heteroatoms. The van der Waals surface area contributed by atoms with Gasteiger partial charge in [0.1, 0.15) is 5.75 Å². The van der Waals surface area contributed by atoms with Crippen molar-refractivity contribution < 1.29 is 24.2 Å². The molecule has 3 aromatic rings. The molecule has 1 atom stereocenters. The van der Waals surface area contributed by atoms with Gasteiger partial charge in [0.05, 0.1) is 13.2 Å². The van der Waals surface area contributed by atoms with E-state index in [9.17, 15) is 14.7 Å². The highest BCUT2D eigenvalue weighted by Crippen LogP contribution is 2.23. The molecule has 178 valence electrons. The van der Waals surface area contributed by atoms with Crippen molar-refractivity contribution in [2.45, 2.75) is 45.9 Å². The summed E-state index contributed by atoms with van der Waals surface area (Å²) in [6.45, 7) is 5.64. The van der Waals surface area contributed by atoms with Crippen LogP contribution in [0.4, 0.5) is 0 Å². The number of nitrogens with one attached hydrogen (secondary N) is 1. The lowest BCUT2D eigenvalue weighted by atomic mass is 10.0. The minimum absolute atomic E-state index is 0.188. The summed E-state index contributed by atoms with van der Waals surface area (Å²) in [6.07, 6.45) is 0.959. The number of fused-ring (bicyclic) bond motifs is 1. The van der Waals surface area contributed by atoms with Crippen molar-refractivity contribution in [3.05, 3.63) is 82.9 Å². The topological polar surface area (TPSA) is 84.9 Å². The summed E-state index contributed by atoms with van der Waals surface area (Å²) in [5.74, 6) is -0.572. The Hall–Kier alpha value is -3.64. The van der Waals surface area contributed by atoms with Crippen LogP contribution in [-0.4, -0.2) is 36.3 Å². The van der Waals surface area contributed by atoms with Crippen LogP contribution in [0.5, 0.6) is 5.75 Å². The van der Waals surface area contributed by atoms with Crippen molar-refractivity contribution in [3.63, 3.8) is 0 Å². The van der Waals surface area contributed by atoms with Crippen LogP contribution in [0, 0.1) is 0 Å². The number of aliphatic carboxylic acids is 1. The number of methoxy groups -OCH3 is 1. The van der Waals surface area contributed by atoms with Gasteiger partial charge in [-0.05, 0) is 54.8 Å². The number of hydrogen-bond donors (Lipinski definition) is 2. The molecule has 6 nitrogen and oxygen atoms in total. The maximum atomic E-state index is 12.8. The Morgan fingerprint density at radius 2 is 1.79 bits per heavy atom. The second kappa shape index (κ2) is 11.5. The van der Waals surface area contributed by atoms with Crippen LogP contribution in [0.15, 0.2) is 66.2 Å². The maximum absolute atomic E-state index is 12.8. The fourth-order valence-electron chi connectivity index (χ4n) is 3.82. The lowest BCUT2D eigenvalue weighted by molar-refractivity contribution is -0.153. The van der Waals surface area contributed by atoms with E-state index in [0.29, 0.717) is 11.3 Å². The van der Waals surface area contributed by atoms with Crippen LogP contribution < -0.4 is 10.1 Å². The second-order valence-corrected chi connectivity index (χ2v) is 8.44. The van der Waals surface area contributed by atoms with Gasteiger partial charge in [-0.15, -0.1) is 0 Å². The molecule has 34 heavy (non-hydrogen) atoms. The van der Waals surface area contributed by atoms with E-state index in [1.54, 1.807) is 33.9 Å². The summed E-state index contributed by atoms with van der Waals surface area (Å²) in [4.78, 5) is 24.4. The fourth-order valence-corrected chi connectivity index (χ4v) is 3.82. The summed E-state index contributed by atoms with van der Waals surface area (Å²) >= 11 is 0. The van der Waals surface area contributed by atoms with Gasteiger partial charge in [-0.3, -0.25) is 4.79 Å². The standard InChI is InChI=1S/C28H31NO5/c1-18(2)34-26(28(31)32)16-20-12-13-25(33-4)23(15-20)17-29-27(30)19(3)14-22-10-7-9-21-8-5-6-11-24(21)22/h5-15,18,26H,16-17H2,1-4H3,(H,29,30)(H,31,32). The van der Waals surface area contributed by atoms with E-state index in [4.69, 9.17) is 9.47 Å². The molecule has 0 spiro atoms. The van der Waals surface area contributed by atoms with Gasteiger partial charge >= 0.3 is 5.97 Å². The van der Waals surface area contributed by atoms with E-state index >= 15 is 0 Å². The summed E-state index contributed by atoms with van der Waals surface area (Å²) in [7, 11) is 1.56. The van der Waals surface area contributed by atoms with Crippen LogP contribution in [0.2, 0.25) is 0 Å². The Morgan fingerprint density at radius 1 is 1.06 bits per heavy atom. The van der Waals surface area contributed by atoms with Gasteiger partial charge in [-0.25, -0.2) is 4.79 Å². The Kier molecular flexibility index (Phi) is 8.44. The van der Waals surface area contributed by atoms with Gasteiger partial charge in [-0.1, -0.05) is 54.6 Å². The number of carboxylic acid groups (broad SMARTS) is 1. The number of carbonyl (C=O) groups excluding carboxylic acids is 1. The largest absolute Gasteiger partial charge is 0.496 e. The Bertz CT molecular complexity index is 1190. The van der Waals surface area contributed by atoms with Gasteiger partial charge in [-0.2, -0.15) is 0 Å². The lowest BCUT2D eigenvalue weighted by Gasteiger charge is -2.18. The highest BCUT2D eigenvalue weighted by molar-refractivity contribution is 6.00. The Morgan fingerprint density at radius 3 is 2.50 bits per heavy atom. The molecule has 0 radical (unpaired) electrons. The molecular formula is C28H31NO5. The highest BCUT2D eigenvalue weighted by atomic mass is 16.5. The van der Waals surface area contributed by atoms with Crippen molar-refractivity contribution in [2.24, 2.45) is 0 Å². The first-order valence-electron chi connectivity index (χ1n) is 11.3. The molecule has 0 aliphatic heterocycles. The molecule has 2 N–H and O–H groups in total. The predicted octanol–water partition coefficient (Wildman–Crippen LogP) is 4.99.